The fourth-order valence-electron chi connectivity index (χ4n) is 1.73. The Morgan fingerprint density at radius 1 is 1.10 bits per heavy atom. The van der Waals surface area contributed by atoms with Crippen molar-refractivity contribution in [2.24, 2.45) is 0 Å². The monoisotopic (exact) mass is 354 g/mol. The molecule has 6 heteroatoms. The van der Waals surface area contributed by atoms with Gasteiger partial charge in [-0.15, -0.1) is 0 Å². The van der Waals surface area contributed by atoms with Crippen molar-refractivity contribution in [3.05, 3.63) is 58.2 Å². The first kappa shape index (κ1) is 15.0. The molecular formula is C14H15BrN2O2S. The molecule has 0 spiro atoms. The highest BCUT2D eigenvalue weighted by molar-refractivity contribution is 9.10. The van der Waals surface area contributed by atoms with Gasteiger partial charge in [-0.1, -0.05) is 24.3 Å². The topological polar surface area (TPSA) is 59.1 Å². The van der Waals surface area contributed by atoms with Crippen molar-refractivity contribution in [3.63, 3.8) is 0 Å². The Hall–Kier alpha value is -1.40. The molecule has 0 bridgehead atoms. The van der Waals surface area contributed by atoms with Crippen LogP contribution in [0.25, 0.3) is 0 Å². The molecule has 0 unspecified atom stereocenters. The number of aromatic nitrogens is 1. The summed E-state index contributed by atoms with van der Waals surface area (Å²) in [4.78, 5) is 4.22. The van der Waals surface area contributed by atoms with Crippen LogP contribution in [0.4, 0.5) is 5.82 Å². The summed E-state index contributed by atoms with van der Waals surface area (Å²) in [5, 5.41) is 3.21. The highest BCUT2D eigenvalue weighted by atomic mass is 79.9. The summed E-state index contributed by atoms with van der Waals surface area (Å²) in [5.41, 5.74) is 1.88. The van der Waals surface area contributed by atoms with Crippen molar-refractivity contribution in [1.29, 1.82) is 0 Å². The summed E-state index contributed by atoms with van der Waals surface area (Å²) in [5.74, 6) is 0.878. The van der Waals surface area contributed by atoms with Gasteiger partial charge in [-0.3, -0.25) is 0 Å². The quantitative estimate of drug-likeness (QED) is 0.896. The second-order valence-corrected chi connectivity index (χ2v) is 7.66. The van der Waals surface area contributed by atoms with E-state index in [-0.39, 0.29) is 5.75 Å². The van der Waals surface area contributed by atoms with Crippen LogP contribution in [0.1, 0.15) is 11.1 Å². The van der Waals surface area contributed by atoms with Crippen molar-refractivity contribution < 1.29 is 8.42 Å². The van der Waals surface area contributed by atoms with Gasteiger partial charge in [0.2, 0.25) is 0 Å². The lowest BCUT2D eigenvalue weighted by Crippen LogP contribution is -2.03. The van der Waals surface area contributed by atoms with Crippen molar-refractivity contribution in [2.75, 3.05) is 11.6 Å². The number of nitrogens with zero attached hydrogens (tertiary/aromatic N) is 1. The highest BCUT2D eigenvalue weighted by Crippen LogP contribution is 2.12. The lowest BCUT2D eigenvalue weighted by atomic mass is 10.1. The summed E-state index contributed by atoms with van der Waals surface area (Å²) >= 11 is 3.33. The van der Waals surface area contributed by atoms with Gasteiger partial charge in [-0.05, 0) is 39.2 Å². The van der Waals surface area contributed by atoms with E-state index in [1.165, 1.54) is 6.26 Å². The number of pyridine rings is 1. The van der Waals surface area contributed by atoms with Crippen molar-refractivity contribution >= 4 is 31.6 Å². The summed E-state index contributed by atoms with van der Waals surface area (Å²) in [7, 11) is -2.98. The van der Waals surface area contributed by atoms with Gasteiger partial charge in [0, 0.05) is 23.5 Å². The van der Waals surface area contributed by atoms with Gasteiger partial charge in [0.15, 0.2) is 9.84 Å². The third kappa shape index (κ3) is 4.94. The summed E-state index contributed by atoms with van der Waals surface area (Å²) < 4.78 is 23.3. The molecule has 2 rings (SSSR count). The van der Waals surface area contributed by atoms with E-state index in [2.05, 4.69) is 26.2 Å². The molecule has 0 aliphatic carbocycles. The number of anilines is 1. The molecule has 2 aromatic rings. The first-order chi connectivity index (χ1) is 9.42. The van der Waals surface area contributed by atoms with Crippen molar-refractivity contribution in [2.45, 2.75) is 12.3 Å². The second-order valence-electron chi connectivity index (χ2n) is 4.60. The minimum atomic E-state index is -2.98. The molecule has 20 heavy (non-hydrogen) atoms. The molecule has 1 heterocycles. The van der Waals surface area contributed by atoms with Gasteiger partial charge >= 0.3 is 0 Å². The number of hydrogen-bond donors (Lipinski definition) is 1. The van der Waals surface area contributed by atoms with E-state index >= 15 is 0 Å². The first-order valence-electron chi connectivity index (χ1n) is 6.03. The maximum absolute atomic E-state index is 11.2. The zero-order valence-corrected chi connectivity index (χ0v) is 13.4. The first-order valence-corrected chi connectivity index (χ1v) is 8.89. The molecule has 0 saturated heterocycles. The number of rotatable bonds is 5. The molecule has 1 N–H and O–H groups in total. The van der Waals surface area contributed by atoms with E-state index < -0.39 is 9.84 Å². The minimum absolute atomic E-state index is 0.0783. The van der Waals surface area contributed by atoms with Crippen LogP contribution in [0.15, 0.2) is 47.1 Å². The molecule has 0 amide bonds. The van der Waals surface area contributed by atoms with Crippen LogP contribution in [-0.4, -0.2) is 19.7 Å². The van der Waals surface area contributed by atoms with E-state index in [4.69, 9.17) is 0 Å². The Labute approximate surface area is 127 Å². The van der Waals surface area contributed by atoms with Crippen molar-refractivity contribution in [3.8, 4) is 0 Å². The lowest BCUT2D eigenvalue weighted by molar-refractivity contribution is 0.601. The van der Waals surface area contributed by atoms with Crippen LogP contribution in [0, 0.1) is 0 Å². The zero-order valence-electron chi connectivity index (χ0n) is 11.0. The molecule has 0 atom stereocenters. The van der Waals surface area contributed by atoms with Crippen molar-refractivity contribution in [1.82, 2.24) is 4.98 Å². The fraction of sp³-hybridized carbons (Fsp3) is 0.214. The number of nitrogens with one attached hydrogen (secondary N) is 1. The van der Waals surface area contributed by atoms with Crippen LogP contribution in [0.3, 0.4) is 0 Å². The summed E-state index contributed by atoms with van der Waals surface area (Å²) in [6.45, 7) is 0.647. The molecule has 1 aromatic carbocycles. The number of sulfone groups is 1. The number of hydrogen-bond acceptors (Lipinski definition) is 4. The summed E-state index contributed by atoms with van der Waals surface area (Å²) in [6.07, 6.45) is 2.97. The Morgan fingerprint density at radius 3 is 2.30 bits per heavy atom. The standard InChI is InChI=1S/C14H15BrN2O2S/c1-20(18,19)10-12-4-2-11(3-5-12)8-16-14-7-6-13(15)9-17-14/h2-7,9H,8,10H2,1H3,(H,16,17). The Morgan fingerprint density at radius 2 is 1.75 bits per heavy atom. The van der Waals surface area contributed by atoms with E-state index in [0.717, 1.165) is 21.4 Å². The zero-order chi connectivity index (χ0) is 14.6. The fourth-order valence-corrected chi connectivity index (χ4v) is 2.76. The minimum Gasteiger partial charge on any atom is -0.366 e. The maximum atomic E-state index is 11.2. The number of benzene rings is 1. The van der Waals surface area contributed by atoms with Crippen LogP contribution >= 0.6 is 15.9 Å². The van der Waals surface area contributed by atoms with Gasteiger partial charge in [-0.25, -0.2) is 13.4 Å². The molecule has 0 radical (unpaired) electrons. The highest BCUT2D eigenvalue weighted by Gasteiger charge is 2.04. The van der Waals surface area contributed by atoms with Gasteiger partial charge in [0.05, 0.1) is 5.75 Å². The second kappa shape index (κ2) is 6.37. The molecule has 0 fully saturated rings. The molecule has 0 aliphatic heterocycles. The third-order valence-corrected chi connectivity index (χ3v) is 3.98. The Balaban J connectivity index is 1.95. The maximum Gasteiger partial charge on any atom is 0.151 e. The number of halogens is 1. The van der Waals surface area contributed by atoms with Gasteiger partial charge in [0.25, 0.3) is 0 Å². The SMILES string of the molecule is CS(=O)(=O)Cc1ccc(CNc2ccc(Br)cn2)cc1. The summed E-state index contributed by atoms with van der Waals surface area (Å²) in [6, 6.07) is 11.3. The molecule has 0 saturated carbocycles. The molecular weight excluding hydrogens is 340 g/mol. The Bertz CT molecular complexity index is 667. The lowest BCUT2D eigenvalue weighted by Gasteiger charge is -2.06. The molecule has 106 valence electrons. The van der Waals surface area contributed by atoms with Gasteiger partial charge < -0.3 is 5.32 Å². The van der Waals surface area contributed by atoms with E-state index in [1.807, 2.05) is 36.4 Å². The molecule has 1 aromatic heterocycles. The van der Waals surface area contributed by atoms with Gasteiger partial charge in [-0.2, -0.15) is 0 Å². The Kier molecular flexibility index (Phi) is 4.77. The van der Waals surface area contributed by atoms with E-state index in [1.54, 1.807) is 6.20 Å². The van der Waals surface area contributed by atoms with Crippen LogP contribution in [-0.2, 0) is 22.1 Å². The predicted molar refractivity (Wildman–Crippen MR) is 84.3 cm³/mol. The van der Waals surface area contributed by atoms with Crippen LogP contribution in [0.5, 0.6) is 0 Å². The van der Waals surface area contributed by atoms with Gasteiger partial charge in [0.1, 0.15) is 5.82 Å². The van der Waals surface area contributed by atoms with Crippen LogP contribution < -0.4 is 5.32 Å². The normalized spacial score (nSPS) is 11.3. The van der Waals surface area contributed by atoms with E-state index in [9.17, 15) is 8.42 Å². The van der Waals surface area contributed by atoms with Crippen LogP contribution in [0.2, 0.25) is 0 Å². The average molecular weight is 355 g/mol. The predicted octanol–water partition coefficient (Wildman–Crippen LogP) is 3.00. The molecule has 0 aliphatic rings. The third-order valence-electron chi connectivity index (χ3n) is 2.65. The smallest absolute Gasteiger partial charge is 0.151 e. The van der Waals surface area contributed by atoms with E-state index in [0.29, 0.717) is 6.54 Å². The molecule has 4 nitrogen and oxygen atoms in total. The average Bonchev–Trinajstić information content (AvgIpc) is 2.38. The largest absolute Gasteiger partial charge is 0.366 e.